The van der Waals surface area contributed by atoms with E-state index < -0.39 is 43.6 Å². The number of rotatable bonds is 5. The Morgan fingerprint density at radius 2 is 1.80 bits per heavy atom. The van der Waals surface area contributed by atoms with E-state index >= 15 is 0 Å². The number of carbonyl (C=O) groups excluding carboxylic acids is 1. The van der Waals surface area contributed by atoms with E-state index in [1.807, 2.05) is 0 Å². The van der Waals surface area contributed by atoms with Crippen LogP contribution in [-0.4, -0.2) is 50.9 Å². The number of fused-ring (bicyclic) bond motifs is 6. The van der Waals surface area contributed by atoms with Crippen LogP contribution in [0.15, 0.2) is 63.1 Å². The highest BCUT2D eigenvalue weighted by Gasteiger charge is 2.57. The number of anilines is 2. The van der Waals surface area contributed by atoms with E-state index in [4.69, 9.17) is 0 Å². The number of benzene rings is 2. The molecular weight excluding hydrogens is 585 g/mol. The highest BCUT2D eigenvalue weighted by atomic mass is 32.2. The summed E-state index contributed by atoms with van der Waals surface area (Å²) < 4.78 is 94.8. The van der Waals surface area contributed by atoms with Crippen molar-refractivity contribution < 1.29 is 39.9 Å². The minimum atomic E-state index is -4.51. The number of hydrogen-bond donors (Lipinski definition) is 3. The summed E-state index contributed by atoms with van der Waals surface area (Å²) in [6.07, 6.45) is -1.16. The van der Waals surface area contributed by atoms with Gasteiger partial charge in [-0.1, -0.05) is 12.1 Å². The first-order chi connectivity index (χ1) is 19.1. The number of halogens is 3. The molecule has 2 heterocycles. The molecule has 2 aromatic carbocycles. The molecule has 10 nitrogen and oxygen atoms in total. The fourth-order valence-electron chi connectivity index (χ4n) is 6.59. The number of sulfonamides is 2. The molecular formula is C26H25F3N4O6S2. The van der Waals surface area contributed by atoms with Crippen molar-refractivity contribution in [1.29, 1.82) is 0 Å². The summed E-state index contributed by atoms with van der Waals surface area (Å²) in [7, 11) is -8.11. The van der Waals surface area contributed by atoms with Gasteiger partial charge < -0.3 is 15.3 Å². The maximum absolute atomic E-state index is 14.0. The average Bonchev–Trinajstić information content (AvgIpc) is 3.48. The molecule has 0 saturated heterocycles. The smallest absolute Gasteiger partial charge is 0.416 e. The summed E-state index contributed by atoms with van der Waals surface area (Å²) in [5.41, 5.74) is -0.638. The third-order valence-electron chi connectivity index (χ3n) is 8.18. The van der Waals surface area contributed by atoms with Crippen molar-refractivity contribution in [2.75, 3.05) is 16.3 Å². The molecule has 1 amide bonds. The molecule has 2 aliphatic heterocycles. The van der Waals surface area contributed by atoms with Crippen LogP contribution < -0.4 is 10.0 Å². The molecule has 2 aliphatic carbocycles. The molecule has 4 aliphatic rings. The second kappa shape index (κ2) is 9.21. The van der Waals surface area contributed by atoms with E-state index in [0.717, 1.165) is 43.7 Å². The Bertz CT molecular complexity index is 1740. The monoisotopic (exact) mass is 610 g/mol. The quantitative estimate of drug-likeness (QED) is 0.466. The van der Waals surface area contributed by atoms with Crippen LogP contribution in [0, 0.1) is 17.8 Å². The Morgan fingerprint density at radius 1 is 1.12 bits per heavy atom. The van der Waals surface area contributed by atoms with Crippen molar-refractivity contribution in [3.8, 4) is 0 Å². The molecule has 2 bridgehead atoms. The van der Waals surface area contributed by atoms with Crippen LogP contribution >= 0.6 is 0 Å². The lowest BCUT2D eigenvalue weighted by Gasteiger charge is -2.44. The standard InChI is InChI=1S/C26H25F3N4O6S2/c1-40(36,37)31-17-8-9-18-19(11-17)41(38,39)32-24(30-18)21-23(34)20-14-4-5-15(10-14)22(20)33(25(21)35)12-13-2-6-16(7-3-13)26(27,28)29/h2-3,6-9,11,14-15,20,22,31,34H,4-5,10,12H2,1H3,(H,30,32)/t14-,15+,20+,22-/m0/s1. The molecule has 0 radical (unpaired) electrons. The van der Waals surface area contributed by atoms with Gasteiger partial charge in [0.15, 0.2) is 5.84 Å². The first kappa shape index (κ1) is 27.6. The molecule has 0 spiro atoms. The number of carbonyl (C=O) groups is 1. The number of hydrogen-bond acceptors (Lipinski definition) is 7. The molecule has 15 heteroatoms. The Balaban J connectivity index is 1.38. The third kappa shape index (κ3) is 4.84. The van der Waals surface area contributed by atoms with Gasteiger partial charge in [0.2, 0.25) is 10.0 Å². The summed E-state index contributed by atoms with van der Waals surface area (Å²) in [5, 5.41) is 14.2. The van der Waals surface area contributed by atoms with Gasteiger partial charge in [0.05, 0.1) is 17.5 Å². The lowest BCUT2D eigenvalue weighted by atomic mass is 9.77. The zero-order valence-corrected chi connectivity index (χ0v) is 23.1. The highest BCUT2D eigenvalue weighted by Crippen LogP contribution is 2.55. The normalized spacial score (nSPS) is 26.8. The zero-order chi connectivity index (χ0) is 29.5. The lowest BCUT2D eigenvalue weighted by Crippen LogP contribution is -2.53. The van der Waals surface area contributed by atoms with Crippen LogP contribution in [0.1, 0.15) is 30.4 Å². The second-order valence-electron chi connectivity index (χ2n) is 10.9. The molecule has 218 valence electrons. The maximum atomic E-state index is 14.0. The van der Waals surface area contributed by atoms with E-state index in [0.29, 0.717) is 5.56 Å². The van der Waals surface area contributed by atoms with E-state index in [2.05, 4.69) is 14.4 Å². The second-order valence-corrected chi connectivity index (χ2v) is 14.2. The van der Waals surface area contributed by atoms with Gasteiger partial charge >= 0.3 is 6.18 Å². The van der Waals surface area contributed by atoms with Crippen molar-refractivity contribution in [2.45, 2.75) is 42.9 Å². The van der Waals surface area contributed by atoms with E-state index in [1.165, 1.54) is 29.2 Å². The Labute approximate surface area is 234 Å². The van der Waals surface area contributed by atoms with Gasteiger partial charge in [0.25, 0.3) is 15.9 Å². The Hall–Kier alpha value is -3.59. The molecule has 6 rings (SSSR count). The molecule has 2 saturated carbocycles. The fourth-order valence-corrected chi connectivity index (χ4v) is 8.29. The Kier molecular flexibility index (Phi) is 6.19. The molecule has 0 aromatic heterocycles. The minimum Gasteiger partial charge on any atom is -0.511 e. The van der Waals surface area contributed by atoms with Gasteiger partial charge in [0.1, 0.15) is 16.2 Å². The van der Waals surface area contributed by atoms with Crippen molar-refractivity contribution in [3.63, 3.8) is 0 Å². The topological polar surface area (TPSA) is 145 Å². The summed E-state index contributed by atoms with van der Waals surface area (Å²) in [6.45, 7) is -0.0325. The van der Waals surface area contributed by atoms with Crippen molar-refractivity contribution in [2.24, 2.45) is 22.2 Å². The van der Waals surface area contributed by atoms with Gasteiger partial charge in [-0.2, -0.15) is 21.6 Å². The van der Waals surface area contributed by atoms with Crippen LogP contribution in [-0.2, 0) is 37.6 Å². The number of amides is 1. The minimum absolute atomic E-state index is 0.00128. The molecule has 2 aromatic rings. The highest BCUT2D eigenvalue weighted by molar-refractivity contribution is 7.92. The third-order valence-corrected chi connectivity index (χ3v) is 10.1. The first-order valence-corrected chi connectivity index (χ1v) is 16.1. The van der Waals surface area contributed by atoms with Crippen molar-refractivity contribution in [1.82, 2.24) is 4.90 Å². The number of aliphatic hydroxyl groups excluding tert-OH is 1. The van der Waals surface area contributed by atoms with E-state index in [-0.39, 0.29) is 57.9 Å². The predicted molar refractivity (Wildman–Crippen MR) is 143 cm³/mol. The van der Waals surface area contributed by atoms with Crippen LogP contribution in [0.25, 0.3) is 0 Å². The summed E-state index contributed by atoms with van der Waals surface area (Å²) in [4.78, 5) is 15.1. The Morgan fingerprint density at radius 3 is 2.46 bits per heavy atom. The SMILES string of the molecule is CS(=O)(=O)Nc1ccc2c(c1)S(=O)(=O)N=C(C1=C(O)[C@@H]3[C@H]4CC[C@H](C4)[C@@H]3N(Cc3ccc(C(F)(F)F)cc3)C1=O)N2. The fraction of sp³-hybridized carbons (Fsp3) is 0.385. The maximum Gasteiger partial charge on any atom is 0.416 e. The van der Waals surface area contributed by atoms with E-state index in [1.54, 1.807) is 0 Å². The molecule has 41 heavy (non-hydrogen) atoms. The van der Waals surface area contributed by atoms with E-state index in [9.17, 15) is 39.9 Å². The number of alkyl halides is 3. The lowest BCUT2D eigenvalue weighted by molar-refractivity contribution is -0.138. The van der Waals surface area contributed by atoms with Crippen LogP contribution in [0.4, 0.5) is 24.5 Å². The molecule has 0 unspecified atom stereocenters. The number of nitrogens with one attached hydrogen (secondary N) is 2. The van der Waals surface area contributed by atoms with Gasteiger partial charge in [0, 0.05) is 24.2 Å². The predicted octanol–water partition coefficient (Wildman–Crippen LogP) is 3.86. The van der Waals surface area contributed by atoms with Gasteiger partial charge in [-0.05, 0) is 67.0 Å². The number of aliphatic hydroxyl groups is 1. The van der Waals surface area contributed by atoms with Crippen molar-refractivity contribution in [3.05, 3.63) is 64.9 Å². The summed E-state index contributed by atoms with van der Waals surface area (Å²) in [6, 6.07) is 7.86. The molecule has 4 atom stereocenters. The zero-order valence-electron chi connectivity index (χ0n) is 21.5. The molecule has 2 fully saturated rings. The van der Waals surface area contributed by atoms with Gasteiger partial charge in [-0.3, -0.25) is 9.52 Å². The number of nitrogens with zero attached hydrogens (tertiary/aromatic N) is 2. The van der Waals surface area contributed by atoms with Crippen molar-refractivity contribution >= 4 is 43.2 Å². The largest absolute Gasteiger partial charge is 0.511 e. The van der Waals surface area contributed by atoms with Gasteiger partial charge in [-0.25, -0.2) is 8.42 Å². The van der Waals surface area contributed by atoms with Crippen LogP contribution in [0.5, 0.6) is 0 Å². The first-order valence-electron chi connectivity index (χ1n) is 12.8. The summed E-state index contributed by atoms with van der Waals surface area (Å²) >= 11 is 0. The summed E-state index contributed by atoms with van der Waals surface area (Å²) in [5.74, 6) is -1.62. The molecule has 3 N–H and O–H groups in total. The average molecular weight is 611 g/mol. The van der Waals surface area contributed by atoms with Crippen LogP contribution in [0.2, 0.25) is 0 Å². The van der Waals surface area contributed by atoms with Crippen LogP contribution in [0.3, 0.4) is 0 Å². The number of amidine groups is 1. The van der Waals surface area contributed by atoms with Gasteiger partial charge in [-0.15, -0.1) is 4.40 Å².